The van der Waals surface area contributed by atoms with Crippen LogP contribution in [0, 0.1) is 6.92 Å². The van der Waals surface area contributed by atoms with Gasteiger partial charge < -0.3 is 0 Å². The van der Waals surface area contributed by atoms with Crippen molar-refractivity contribution in [3.8, 4) is 11.4 Å². The van der Waals surface area contributed by atoms with Crippen LogP contribution in [0.4, 0.5) is 13.2 Å². The number of aromatic nitrogens is 4. The first-order valence-corrected chi connectivity index (χ1v) is 6.20. The van der Waals surface area contributed by atoms with Crippen LogP contribution in [-0.2, 0) is 13.2 Å². The summed E-state index contributed by atoms with van der Waals surface area (Å²) in [6, 6.07) is 4.80. The molecule has 108 valence electrons. The summed E-state index contributed by atoms with van der Waals surface area (Å²) in [5, 5.41) is 4.24. The Hall–Kier alpha value is -2.44. The Morgan fingerprint density at radius 1 is 1.10 bits per heavy atom. The summed E-state index contributed by atoms with van der Waals surface area (Å²) in [5.41, 5.74) is 2.08. The molecule has 0 bridgehead atoms. The molecular formula is C14H11F3N4. The normalized spacial score (nSPS) is 12.0. The van der Waals surface area contributed by atoms with Gasteiger partial charge in [0.2, 0.25) is 0 Å². The first kappa shape index (κ1) is 13.5. The first-order valence-electron chi connectivity index (χ1n) is 6.20. The van der Waals surface area contributed by atoms with E-state index in [1.165, 1.54) is 12.1 Å². The van der Waals surface area contributed by atoms with Gasteiger partial charge in [-0.15, -0.1) is 0 Å². The molecule has 4 nitrogen and oxygen atoms in total. The molecule has 0 fully saturated rings. The van der Waals surface area contributed by atoms with Gasteiger partial charge in [-0.3, -0.25) is 4.68 Å². The minimum absolute atomic E-state index is 0.382. The molecule has 0 atom stereocenters. The maximum atomic E-state index is 12.5. The number of hydrogen-bond acceptors (Lipinski definition) is 3. The van der Waals surface area contributed by atoms with Crippen LogP contribution < -0.4 is 0 Å². The Balaban J connectivity index is 2.06. The van der Waals surface area contributed by atoms with Crippen LogP contribution in [0.25, 0.3) is 22.4 Å². The second kappa shape index (κ2) is 4.54. The fraction of sp³-hybridized carbons (Fsp3) is 0.214. The van der Waals surface area contributed by atoms with Crippen LogP contribution in [0.15, 0.2) is 30.5 Å². The molecule has 0 saturated heterocycles. The van der Waals surface area contributed by atoms with Crippen LogP contribution in [0.3, 0.4) is 0 Å². The summed E-state index contributed by atoms with van der Waals surface area (Å²) in [6.07, 6.45) is -2.72. The summed E-state index contributed by atoms with van der Waals surface area (Å²) in [7, 11) is 1.79. The van der Waals surface area contributed by atoms with Crippen molar-refractivity contribution in [1.29, 1.82) is 0 Å². The summed E-state index contributed by atoms with van der Waals surface area (Å²) in [5.74, 6) is 0.382. The Labute approximate surface area is 118 Å². The number of halogens is 3. The second-order valence-corrected chi connectivity index (χ2v) is 4.71. The lowest BCUT2D eigenvalue weighted by atomic mass is 10.1. The summed E-state index contributed by atoms with van der Waals surface area (Å²) >= 11 is 0. The summed E-state index contributed by atoms with van der Waals surface area (Å²) < 4.78 is 39.3. The average Bonchev–Trinajstić information content (AvgIpc) is 2.73. The molecule has 0 amide bonds. The predicted octanol–water partition coefficient (Wildman–Crippen LogP) is 3.36. The topological polar surface area (TPSA) is 43.6 Å². The van der Waals surface area contributed by atoms with Gasteiger partial charge in [0.05, 0.1) is 17.5 Å². The lowest BCUT2D eigenvalue weighted by Gasteiger charge is -2.07. The average molecular weight is 292 g/mol. The molecule has 0 unspecified atom stereocenters. The molecule has 0 saturated carbocycles. The van der Waals surface area contributed by atoms with Crippen molar-refractivity contribution in [2.24, 2.45) is 7.05 Å². The maximum absolute atomic E-state index is 12.5. The number of hydrogen-bond donors (Lipinski definition) is 0. The summed E-state index contributed by atoms with van der Waals surface area (Å²) in [6.45, 7) is 1.83. The van der Waals surface area contributed by atoms with E-state index in [4.69, 9.17) is 0 Å². The highest BCUT2D eigenvalue weighted by molar-refractivity contribution is 5.78. The smallest absolute Gasteiger partial charge is 0.264 e. The molecular weight excluding hydrogens is 281 g/mol. The lowest BCUT2D eigenvalue weighted by Crippen LogP contribution is -2.04. The van der Waals surface area contributed by atoms with Crippen LogP contribution in [0.2, 0.25) is 0 Å². The zero-order chi connectivity index (χ0) is 15.2. The monoisotopic (exact) mass is 292 g/mol. The van der Waals surface area contributed by atoms with Gasteiger partial charge in [-0.05, 0) is 19.1 Å². The number of fused-ring (bicyclic) bond motifs is 1. The van der Waals surface area contributed by atoms with Crippen molar-refractivity contribution in [2.45, 2.75) is 13.1 Å². The van der Waals surface area contributed by atoms with Gasteiger partial charge in [0, 0.05) is 12.6 Å². The molecule has 3 aromatic rings. The second-order valence-electron chi connectivity index (χ2n) is 4.71. The van der Waals surface area contributed by atoms with Crippen LogP contribution in [-0.4, -0.2) is 19.7 Å². The summed E-state index contributed by atoms with van der Waals surface area (Å²) in [4.78, 5) is 8.57. The molecule has 0 aliphatic carbocycles. The van der Waals surface area contributed by atoms with E-state index in [1.807, 2.05) is 6.92 Å². The van der Waals surface area contributed by atoms with Crippen LogP contribution in [0.5, 0.6) is 0 Å². The molecule has 3 rings (SSSR count). The van der Waals surface area contributed by atoms with Gasteiger partial charge >= 0.3 is 6.18 Å². The highest BCUT2D eigenvalue weighted by atomic mass is 19.4. The van der Waals surface area contributed by atoms with E-state index in [0.29, 0.717) is 16.9 Å². The van der Waals surface area contributed by atoms with Crippen LogP contribution in [0.1, 0.15) is 11.3 Å². The minimum Gasteiger partial charge on any atom is -0.264 e. The SMILES string of the molecule is Cc1nn(C)c2cnc(-c3ccc(C(F)(F)F)cc3)nc12. The number of nitrogens with zero attached hydrogens (tertiary/aromatic N) is 4. The first-order chi connectivity index (χ1) is 9.86. The molecule has 21 heavy (non-hydrogen) atoms. The fourth-order valence-electron chi connectivity index (χ4n) is 2.15. The molecule has 0 aliphatic rings. The van der Waals surface area contributed by atoms with Gasteiger partial charge in [0.1, 0.15) is 11.0 Å². The van der Waals surface area contributed by atoms with E-state index in [1.54, 1.807) is 17.9 Å². The van der Waals surface area contributed by atoms with E-state index < -0.39 is 11.7 Å². The number of rotatable bonds is 1. The van der Waals surface area contributed by atoms with Crippen molar-refractivity contribution in [3.63, 3.8) is 0 Å². The molecule has 7 heteroatoms. The van der Waals surface area contributed by atoms with E-state index in [2.05, 4.69) is 15.1 Å². The van der Waals surface area contributed by atoms with Crippen LogP contribution >= 0.6 is 0 Å². The highest BCUT2D eigenvalue weighted by Gasteiger charge is 2.30. The third kappa shape index (κ3) is 2.35. The number of alkyl halides is 3. The Kier molecular flexibility index (Phi) is 2.93. The lowest BCUT2D eigenvalue weighted by molar-refractivity contribution is -0.137. The standard InChI is InChI=1S/C14H11F3N4/c1-8-12-11(21(2)20-8)7-18-13(19-12)9-3-5-10(6-4-9)14(15,16)17/h3-7H,1-2H3. The minimum atomic E-state index is -4.34. The Morgan fingerprint density at radius 2 is 1.76 bits per heavy atom. The fourth-order valence-corrected chi connectivity index (χ4v) is 2.15. The third-order valence-electron chi connectivity index (χ3n) is 3.23. The van der Waals surface area contributed by atoms with Crippen molar-refractivity contribution in [3.05, 3.63) is 41.7 Å². The van der Waals surface area contributed by atoms with Crippen molar-refractivity contribution >= 4 is 11.0 Å². The Bertz CT molecular complexity index is 803. The number of benzene rings is 1. The van der Waals surface area contributed by atoms with Gasteiger partial charge in [0.25, 0.3) is 0 Å². The van der Waals surface area contributed by atoms with E-state index in [0.717, 1.165) is 23.3 Å². The largest absolute Gasteiger partial charge is 0.416 e. The molecule has 1 aromatic carbocycles. The van der Waals surface area contributed by atoms with Crippen molar-refractivity contribution in [2.75, 3.05) is 0 Å². The highest BCUT2D eigenvalue weighted by Crippen LogP contribution is 2.30. The Morgan fingerprint density at radius 3 is 2.38 bits per heavy atom. The quantitative estimate of drug-likeness (QED) is 0.690. The third-order valence-corrected chi connectivity index (χ3v) is 3.23. The molecule has 2 heterocycles. The molecule has 0 spiro atoms. The van der Waals surface area contributed by atoms with Crippen molar-refractivity contribution in [1.82, 2.24) is 19.7 Å². The maximum Gasteiger partial charge on any atom is 0.416 e. The van der Waals surface area contributed by atoms with Gasteiger partial charge in [-0.1, -0.05) is 12.1 Å². The predicted molar refractivity (Wildman–Crippen MR) is 71.5 cm³/mol. The zero-order valence-electron chi connectivity index (χ0n) is 11.3. The van der Waals surface area contributed by atoms with E-state index in [9.17, 15) is 13.2 Å². The van der Waals surface area contributed by atoms with Gasteiger partial charge in [-0.25, -0.2) is 9.97 Å². The van der Waals surface area contributed by atoms with Gasteiger partial charge in [-0.2, -0.15) is 18.3 Å². The molecule has 0 aliphatic heterocycles. The van der Waals surface area contributed by atoms with Gasteiger partial charge in [0.15, 0.2) is 5.82 Å². The molecule has 2 aromatic heterocycles. The zero-order valence-corrected chi connectivity index (χ0v) is 11.3. The van der Waals surface area contributed by atoms with E-state index >= 15 is 0 Å². The van der Waals surface area contributed by atoms with Crippen molar-refractivity contribution < 1.29 is 13.2 Å². The van der Waals surface area contributed by atoms with E-state index in [-0.39, 0.29) is 0 Å². The molecule has 0 radical (unpaired) electrons. The molecule has 0 N–H and O–H groups in total. The number of aryl methyl sites for hydroxylation is 2.